The second kappa shape index (κ2) is 57.4. The van der Waals surface area contributed by atoms with Crippen molar-refractivity contribution in [1.29, 1.82) is 0 Å². The fourth-order valence-electron chi connectivity index (χ4n) is 9.35. The van der Waals surface area contributed by atoms with Crippen molar-refractivity contribution in [3.8, 4) is 0 Å². The first-order valence-corrected chi connectivity index (χ1v) is 33.1. The van der Waals surface area contributed by atoms with Gasteiger partial charge in [0, 0.05) is 19.3 Å². The lowest BCUT2D eigenvalue weighted by Crippen LogP contribution is -2.30. The summed E-state index contributed by atoms with van der Waals surface area (Å²) in [5.41, 5.74) is 0. The molecule has 0 bridgehead atoms. The molecule has 12 heteroatoms. The molecule has 0 aromatic rings. The van der Waals surface area contributed by atoms with Crippen molar-refractivity contribution in [1.82, 2.24) is 0 Å². The smallest absolute Gasteiger partial charge is 0.462 e. The fourth-order valence-corrected chi connectivity index (χ4v) is 10.1. The van der Waals surface area contributed by atoms with Crippen LogP contribution in [0.5, 0.6) is 0 Å². The highest BCUT2D eigenvalue weighted by atomic mass is 31.2. The number of rotatable bonds is 60. The molecule has 0 saturated carbocycles. The summed E-state index contributed by atoms with van der Waals surface area (Å²) in [5.74, 6) is -1.44. The average Bonchev–Trinajstić information content (AvgIpc) is 3.39. The molecule has 0 radical (unpaired) electrons. The average molecular weight is 1070 g/mol. The predicted octanol–water partition coefficient (Wildman–Crippen LogP) is 18.8. The second-order valence-corrected chi connectivity index (χ2v) is 23.0. The van der Waals surface area contributed by atoms with E-state index in [-0.39, 0.29) is 25.9 Å². The number of hydrogen-bond donors (Lipinski definition) is 2. The predicted molar refractivity (Wildman–Crippen MR) is 307 cm³/mol. The van der Waals surface area contributed by atoms with E-state index in [0.29, 0.717) is 19.3 Å². The molecule has 0 fully saturated rings. The van der Waals surface area contributed by atoms with E-state index in [1.165, 1.54) is 193 Å². The van der Waals surface area contributed by atoms with Gasteiger partial charge in [0.25, 0.3) is 0 Å². The Morgan fingerprint density at radius 3 is 0.932 bits per heavy atom. The highest BCUT2D eigenvalue weighted by Crippen LogP contribution is 2.43. The van der Waals surface area contributed by atoms with Crippen LogP contribution < -0.4 is 0 Å². The Morgan fingerprint density at radius 2 is 0.622 bits per heavy atom. The number of unbranched alkanes of at least 4 members (excludes halogenated alkanes) is 41. The number of carbonyl (C=O) groups is 3. The van der Waals surface area contributed by atoms with Crippen LogP contribution >= 0.6 is 7.82 Å². The third-order valence-corrected chi connectivity index (χ3v) is 15.1. The lowest BCUT2D eigenvalue weighted by atomic mass is 10.0. The Bertz CT molecular complexity index is 1290. The van der Waals surface area contributed by atoms with Gasteiger partial charge in [-0.3, -0.25) is 23.4 Å². The minimum absolute atomic E-state index is 0.175. The van der Waals surface area contributed by atoms with Crippen molar-refractivity contribution in [3.05, 3.63) is 12.2 Å². The molecule has 3 unspecified atom stereocenters. The van der Waals surface area contributed by atoms with Gasteiger partial charge in [0.2, 0.25) is 0 Å². The Balaban J connectivity index is 4.65. The molecule has 0 amide bonds. The number of ether oxygens (including phenoxy) is 3. The highest BCUT2D eigenvalue weighted by molar-refractivity contribution is 7.47. The largest absolute Gasteiger partial charge is 0.472 e. The van der Waals surface area contributed by atoms with Crippen LogP contribution in [-0.2, 0) is 42.2 Å². The first kappa shape index (κ1) is 72.2. The number of aliphatic hydroxyl groups excluding tert-OH is 1. The number of carbonyl (C=O) groups excluding carboxylic acids is 3. The summed E-state index contributed by atoms with van der Waals surface area (Å²) in [6.45, 7) is 4.72. The summed E-state index contributed by atoms with van der Waals surface area (Å²) in [4.78, 5) is 48.7. The van der Waals surface area contributed by atoms with Gasteiger partial charge in [0.1, 0.15) is 12.7 Å². The van der Waals surface area contributed by atoms with Crippen molar-refractivity contribution < 1.29 is 52.2 Å². The molecule has 0 aliphatic heterocycles. The minimum atomic E-state index is -4.74. The molecule has 0 heterocycles. The molecule has 2 N–H and O–H groups in total. The van der Waals surface area contributed by atoms with Gasteiger partial charge in [-0.1, -0.05) is 277 Å². The van der Waals surface area contributed by atoms with Crippen LogP contribution in [0, 0.1) is 0 Å². The molecule has 0 aromatic heterocycles. The summed E-state index contributed by atoms with van der Waals surface area (Å²) in [7, 11) is -4.74. The van der Waals surface area contributed by atoms with Crippen LogP contribution in [0.15, 0.2) is 12.2 Å². The summed E-state index contributed by atoms with van der Waals surface area (Å²) in [6.07, 6.45) is 57.3. The molecule has 0 aliphatic rings. The number of phosphoric ester groups is 1. The van der Waals surface area contributed by atoms with Crippen molar-refractivity contribution in [2.45, 2.75) is 341 Å². The van der Waals surface area contributed by atoms with Gasteiger partial charge < -0.3 is 24.2 Å². The molecular weight excluding hydrogens is 952 g/mol. The van der Waals surface area contributed by atoms with Crippen LogP contribution in [0.2, 0.25) is 0 Å². The molecule has 0 aliphatic carbocycles. The maximum Gasteiger partial charge on any atom is 0.472 e. The van der Waals surface area contributed by atoms with Crippen LogP contribution in [0.25, 0.3) is 0 Å². The molecule has 74 heavy (non-hydrogen) atoms. The number of esters is 3. The van der Waals surface area contributed by atoms with E-state index in [0.717, 1.165) is 77.0 Å². The van der Waals surface area contributed by atoms with Crippen LogP contribution in [0.1, 0.15) is 329 Å². The molecule has 438 valence electrons. The summed E-state index contributed by atoms with van der Waals surface area (Å²) in [5, 5.41) is 9.84. The van der Waals surface area contributed by atoms with Crippen LogP contribution in [-0.4, -0.2) is 66.5 Å². The summed E-state index contributed by atoms with van der Waals surface area (Å²) >= 11 is 0. The molecule has 0 aromatic carbocycles. The van der Waals surface area contributed by atoms with Crippen molar-refractivity contribution in [3.63, 3.8) is 0 Å². The number of hydrogen-bond acceptors (Lipinski definition) is 10. The summed E-state index contributed by atoms with van der Waals surface area (Å²) < 4.78 is 39.7. The van der Waals surface area contributed by atoms with Crippen molar-refractivity contribution in [2.75, 3.05) is 26.4 Å². The molecular formula is C62H119O11P. The first-order valence-electron chi connectivity index (χ1n) is 31.6. The van der Waals surface area contributed by atoms with Gasteiger partial charge in [0.05, 0.1) is 19.8 Å². The lowest BCUT2D eigenvalue weighted by Gasteiger charge is -2.21. The van der Waals surface area contributed by atoms with Gasteiger partial charge in [-0.2, -0.15) is 0 Å². The maximum absolute atomic E-state index is 12.9. The van der Waals surface area contributed by atoms with Gasteiger partial charge in [-0.15, -0.1) is 0 Å². The number of phosphoric acid groups is 1. The zero-order valence-electron chi connectivity index (χ0n) is 48.6. The molecule has 0 saturated heterocycles. The van der Waals surface area contributed by atoms with E-state index >= 15 is 0 Å². The monoisotopic (exact) mass is 1070 g/mol. The molecule has 0 rings (SSSR count). The topological polar surface area (TPSA) is 155 Å². The molecule has 11 nitrogen and oxygen atoms in total. The summed E-state index contributed by atoms with van der Waals surface area (Å²) in [6, 6.07) is 0. The first-order chi connectivity index (χ1) is 36.2. The zero-order valence-corrected chi connectivity index (χ0v) is 49.5. The Morgan fingerprint density at radius 1 is 0.365 bits per heavy atom. The van der Waals surface area contributed by atoms with Crippen LogP contribution in [0.4, 0.5) is 0 Å². The number of aliphatic hydroxyl groups is 1. The van der Waals surface area contributed by atoms with Gasteiger partial charge in [-0.05, 0) is 44.9 Å². The molecule has 0 spiro atoms. The van der Waals surface area contributed by atoms with E-state index in [1.54, 1.807) is 0 Å². The van der Waals surface area contributed by atoms with Gasteiger partial charge in [0.15, 0.2) is 6.10 Å². The van der Waals surface area contributed by atoms with E-state index in [4.69, 9.17) is 23.3 Å². The van der Waals surface area contributed by atoms with Crippen LogP contribution in [0.3, 0.4) is 0 Å². The van der Waals surface area contributed by atoms with Gasteiger partial charge in [-0.25, -0.2) is 4.57 Å². The second-order valence-electron chi connectivity index (χ2n) is 21.6. The van der Waals surface area contributed by atoms with Gasteiger partial charge >= 0.3 is 25.7 Å². The quantitative estimate of drug-likeness (QED) is 0.0197. The van der Waals surface area contributed by atoms with E-state index in [2.05, 4.69) is 32.9 Å². The van der Waals surface area contributed by atoms with E-state index in [9.17, 15) is 28.9 Å². The third-order valence-electron chi connectivity index (χ3n) is 14.2. The van der Waals surface area contributed by atoms with E-state index < -0.39 is 57.8 Å². The lowest BCUT2D eigenvalue weighted by molar-refractivity contribution is -0.161. The molecule has 3 atom stereocenters. The SMILES string of the molecule is CCCCCCCC/C=C\CCCCCCCC(=O)OCC(COP(=O)(O)OCC(CO)OC(=O)CCCCCCCCCCCCCCCCC)OC(=O)CCCCCCCCCCCCCCCCCCC. The third kappa shape index (κ3) is 55.0. The Kier molecular flexibility index (Phi) is 56.0. The highest BCUT2D eigenvalue weighted by Gasteiger charge is 2.28. The Hall–Kier alpha value is -1.78. The van der Waals surface area contributed by atoms with E-state index in [1.807, 2.05) is 0 Å². The number of allylic oxidation sites excluding steroid dienone is 2. The van der Waals surface area contributed by atoms with Crippen molar-refractivity contribution in [2.24, 2.45) is 0 Å². The zero-order chi connectivity index (χ0) is 54.1. The maximum atomic E-state index is 12.9. The standard InChI is InChI=1S/C62H119O11P/c1-4-7-10-13-16-19-22-25-28-29-32-35-38-41-44-47-50-53-62(66)73-59(55-69-60(64)51-48-45-42-39-36-33-30-26-23-20-17-14-11-8-5-2)57-71-74(67,68)70-56-58(54-63)72-61(65)52-49-46-43-40-37-34-31-27-24-21-18-15-12-9-6-3/h26,30,58-59,63H,4-25,27-29,31-57H2,1-3H3,(H,67,68)/b30-26-. The minimum Gasteiger partial charge on any atom is -0.462 e. The normalized spacial score (nSPS) is 13.3. The Labute approximate surface area is 456 Å². The fraction of sp³-hybridized carbons (Fsp3) is 0.919. The van der Waals surface area contributed by atoms with Crippen molar-refractivity contribution >= 4 is 25.7 Å².